The van der Waals surface area contributed by atoms with Gasteiger partial charge < -0.3 is 8.92 Å². The molecule has 0 amide bonds. The second-order valence-electron chi connectivity index (χ2n) is 11.1. The van der Waals surface area contributed by atoms with Crippen molar-refractivity contribution >= 4 is 37.4 Å². The molecule has 2 bridgehead atoms. The van der Waals surface area contributed by atoms with Crippen LogP contribution in [0.5, 0.6) is 11.5 Å². The SMILES string of the molecule is C=COc1ccc2ccccc2c1-c1c(OS(=O)(=O)C[C@]23CC[C@H](CC2=O)C3(C)C)ccc2ccccc12. The van der Waals surface area contributed by atoms with Crippen LogP contribution in [0.25, 0.3) is 32.7 Å². The van der Waals surface area contributed by atoms with Crippen LogP contribution >= 0.6 is 0 Å². The summed E-state index contributed by atoms with van der Waals surface area (Å²) in [6, 6.07) is 23.1. The summed E-state index contributed by atoms with van der Waals surface area (Å²) in [5.41, 5.74) is 0.0534. The second kappa shape index (κ2) is 8.70. The standard InChI is InChI=1S/C32H30O5S/c1-4-36-26-15-13-21-9-5-7-11-24(21)29(26)30-25-12-8-6-10-22(25)14-16-27(30)37-38(34,35)20-32-18-17-23(19-28(32)33)31(32,2)3/h4-16,23H,1,17-20H2,2-3H3/t23-,32-/m1/s1. The van der Waals surface area contributed by atoms with Gasteiger partial charge in [0.2, 0.25) is 0 Å². The molecular formula is C32H30O5S. The minimum absolute atomic E-state index is 0.0420. The van der Waals surface area contributed by atoms with Crippen molar-refractivity contribution in [3.05, 3.63) is 85.6 Å². The van der Waals surface area contributed by atoms with Crippen LogP contribution in [-0.2, 0) is 14.9 Å². The number of ketones is 1. The highest BCUT2D eigenvalue weighted by Gasteiger charge is 2.65. The molecule has 2 atom stereocenters. The van der Waals surface area contributed by atoms with Crippen LogP contribution < -0.4 is 8.92 Å². The van der Waals surface area contributed by atoms with E-state index >= 15 is 0 Å². The lowest BCUT2D eigenvalue weighted by Crippen LogP contribution is -2.43. The van der Waals surface area contributed by atoms with Gasteiger partial charge in [-0.2, -0.15) is 8.42 Å². The lowest BCUT2D eigenvalue weighted by atomic mass is 9.70. The third-order valence-corrected chi connectivity index (χ3v) is 10.3. The van der Waals surface area contributed by atoms with Crippen molar-refractivity contribution in [3.8, 4) is 22.6 Å². The minimum Gasteiger partial charge on any atom is -0.465 e. The third-order valence-electron chi connectivity index (χ3n) is 9.02. The van der Waals surface area contributed by atoms with Gasteiger partial charge in [-0.1, -0.05) is 81.1 Å². The highest BCUT2D eigenvalue weighted by molar-refractivity contribution is 7.87. The van der Waals surface area contributed by atoms with Crippen molar-refractivity contribution in [1.29, 1.82) is 0 Å². The van der Waals surface area contributed by atoms with E-state index in [2.05, 4.69) is 6.58 Å². The number of carbonyl (C=O) groups excluding carboxylic acids is 1. The molecule has 0 saturated heterocycles. The summed E-state index contributed by atoms with van der Waals surface area (Å²) in [6.07, 6.45) is 3.26. The first-order chi connectivity index (χ1) is 18.2. The monoisotopic (exact) mass is 526 g/mol. The first-order valence-corrected chi connectivity index (χ1v) is 14.5. The van der Waals surface area contributed by atoms with Gasteiger partial charge in [0.25, 0.3) is 0 Å². The average Bonchev–Trinajstić information content (AvgIpc) is 3.23. The van der Waals surface area contributed by atoms with Crippen molar-refractivity contribution in [1.82, 2.24) is 0 Å². The van der Waals surface area contributed by atoms with Crippen molar-refractivity contribution in [3.63, 3.8) is 0 Å². The molecule has 0 aliphatic heterocycles. The Morgan fingerprint density at radius 3 is 2.03 bits per heavy atom. The van der Waals surface area contributed by atoms with E-state index in [9.17, 15) is 13.2 Å². The molecule has 2 fully saturated rings. The molecule has 0 radical (unpaired) electrons. The Morgan fingerprint density at radius 2 is 1.47 bits per heavy atom. The number of fused-ring (bicyclic) bond motifs is 4. The number of benzene rings is 4. The fourth-order valence-electron chi connectivity index (χ4n) is 6.85. The zero-order valence-corrected chi connectivity index (χ0v) is 22.4. The predicted octanol–water partition coefficient (Wildman–Crippen LogP) is 7.29. The second-order valence-corrected chi connectivity index (χ2v) is 12.6. The number of ether oxygens (including phenoxy) is 1. The van der Waals surface area contributed by atoms with Crippen LogP contribution in [0, 0.1) is 16.7 Å². The van der Waals surface area contributed by atoms with E-state index in [0.29, 0.717) is 24.2 Å². The Hall–Kier alpha value is -3.64. The van der Waals surface area contributed by atoms with Gasteiger partial charge in [-0.15, -0.1) is 0 Å². The molecule has 0 spiro atoms. The largest absolute Gasteiger partial charge is 0.465 e. The van der Waals surface area contributed by atoms with Gasteiger partial charge in [0.1, 0.15) is 11.5 Å². The fourth-order valence-corrected chi connectivity index (χ4v) is 8.60. The van der Waals surface area contributed by atoms with E-state index in [0.717, 1.165) is 33.5 Å². The van der Waals surface area contributed by atoms with E-state index < -0.39 is 15.5 Å². The van der Waals surface area contributed by atoms with Gasteiger partial charge in [-0.25, -0.2) is 0 Å². The normalized spacial score (nSPS) is 22.2. The molecule has 2 saturated carbocycles. The highest BCUT2D eigenvalue weighted by Crippen LogP contribution is 2.64. The first-order valence-electron chi connectivity index (χ1n) is 12.9. The van der Waals surface area contributed by atoms with E-state index in [-0.39, 0.29) is 28.6 Å². The van der Waals surface area contributed by atoms with Gasteiger partial charge in [0, 0.05) is 17.5 Å². The molecule has 2 aliphatic carbocycles. The summed E-state index contributed by atoms with van der Waals surface area (Å²) >= 11 is 0. The third kappa shape index (κ3) is 3.65. The number of rotatable bonds is 7. The number of Topliss-reactive ketones (excluding diaryl/α,β-unsaturated/α-hetero) is 1. The van der Waals surface area contributed by atoms with Crippen LogP contribution in [0.1, 0.15) is 33.1 Å². The Morgan fingerprint density at radius 1 is 0.895 bits per heavy atom. The van der Waals surface area contributed by atoms with Gasteiger partial charge in [-0.3, -0.25) is 4.79 Å². The zero-order valence-electron chi connectivity index (χ0n) is 21.6. The number of hydrogen-bond acceptors (Lipinski definition) is 5. The zero-order chi connectivity index (χ0) is 26.7. The van der Waals surface area contributed by atoms with Crippen LogP contribution in [0.2, 0.25) is 0 Å². The van der Waals surface area contributed by atoms with Crippen LogP contribution in [0.3, 0.4) is 0 Å². The summed E-state index contributed by atoms with van der Waals surface area (Å²) in [5, 5.41) is 3.65. The maximum Gasteiger partial charge on any atom is 0.310 e. The van der Waals surface area contributed by atoms with Gasteiger partial charge in [0.05, 0.1) is 17.4 Å². The molecule has 6 rings (SSSR count). The highest BCUT2D eigenvalue weighted by atomic mass is 32.2. The molecule has 0 N–H and O–H groups in total. The Balaban J connectivity index is 1.54. The molecular weight excluding hydrogens is 496 g/mol. The average molecular weight is 527 g/mol. The maximum atomic E-state index is 13.7. The van der Waals surface area contributed by atoms with Crippen LogP contribution in [0.4, 0.5) is 0 Å². The number of carbonyl (C=O) groups is 1. The number of hydrogen-bond donors (Lipinski definition) is 0. The molecule has 5 nitrogen and oxygen atoms in total. The molecule has 2 aliphatic rings. The van der Waals surface area contributed by atoms with Crippen molar-refractivity contribution in [2.75, 3.05) is 5.75 Å². The van der Waals surface area contributed by atoms with E-state index in [4.69, 9.17) is 8.92 Å². The topological polar surface area (TPSA) is 69.7 Å². The summed E-state index contributed by atoms with van der Waals surface area (Å²) in [5.74, 6) is 0.695. The summed E-state index contributed by atoms with van der Waals surface area (Å²) in [7, 11) is -4.13. The molecule has 38 heavy (non-hydrogen) atoms. The smallest absolute Gasteiger partial charge is 0.310 e. The van der Waals surface area contributed by atoms with Gasteiger partial charge in [-0.05, 0) is 57.9 Å². The minimum atomic E-state index is -4.13. The Bertz CT molecular complexity index is 1720. The molecule has 194 valence electrons. The molecule has 0 aromatic heterocycles. The van der Waals surface area contributed by atoms with E-state index in [1.54, 1.807) is 6.07 Å². The molecule has 6 heteroatoms. The summed E-state index contributed by atoms with van der Waals surface area (Å²) < 4.78 is 39.3. The van der Waals surface area contributed by atoms with Crippen molar-refractivity contribution < 1.29 is 22.1 Å². The van der Waals surface area contributed by atoms with Crippen LogP contribution in [-0.4, -0.2) is 20.0 Å². The Kier molecular flexibility index (Phi) is 5.65. The quantitative estimate of drug-likeness (QED) is 0.187. The lowest BCUT2D eigenvalue weighted by Gasteiger charge is -2.35. The lowest BCUT2D eigenvalue weighted by molar-refractivity contribution is -0.128. The summed E-state index contributed by atoms with van der Waals surface area (Å²) in [6.45, 7) is 7.79. The maximum absolute atomic E-state index is 13.7. The molecule has 4 aromatic rings. The molecule has 4 aromatic carbocycles. The summed E-state index contributed by atoms with van der Waals surface area (Å²) in [4.78, 5) is 13.1. The van der Waals surface area contributed by atoms with Crippen molar-refractivity contribution in [2.45, 2.75) is 33.1 Å². The van der Waals surface area contributed by atoms with Gasteiger partial charge >= 0.3 is 10.1 Å². The van der Waals surface area contributed by atoms with E-state index in [1.165, 1.54) is 6.26 Å². The van der Waals surface area contributed by atoms with E-state index in [1.807, 2.05) is 80.6 Å². The predicted molar refractivity (Wildman–Crippen MR) is 151 cm³/mol. The molecule has 0 unspecified atom stereocenters. The van der Waals surface area contributed by atoms with Gasteiger partial charge in [0.15, 0.2) is 5.75 Å². The fraction of sp³-hybridized carbons (Fsp3) is 0.281. The Labute approximate surface area is 223 Å². The molecule has 0 heterocycles. The van der Waals surface area contributed by atoms with Crippen molar-refractivity contribution in [2.24, 2.45) is 16.7 Å². The van der Waals surface area contributed by atoms with Crippen LogP contribution in [0.15, 0.2) is 85.6 Å². The first kappa shape index (κ1) is 24.7.